The van der Waals surface area contributed by atoms with Crippen LogP contribution in [0.3, 0.4) is 0 Å². The molecule has 2 aliphatic rings. The number of piperidine rings is 1. The first-order valence-electron chi connectivity index (χ1n) is 10.5. The minimum absolute atomic E-state index is 0.00418. The number of halogens is 4. The Balaban J connectivity index is 0.000000807. The Morgan fingerprint density at radius 3 is 2.29 bits per heavy atom. The third kappa shape index (κ3) is 6.64. The first kappa shape index (κ1) is 25.6. The first-order valence-corrected chi connectivity index (χ1v) is 10.9. The van der Waals surface area contributed by atoms with Crippen LogP contribution in [0.1, 0.15) is 32.7 Å². The van der Waals surface area contributed by atoms with Gasteiger partial charge >= 0.3 is 6.18 Å². The molecule has 0 unspecified atom stereocenters. The van der Waals surface area contributed by atoms with Crippen LogP contribution >= 0.6 is 11.6 Å². The number of morpholine rings is 1. The fourth-order valence-electron chi connectivity index (χ4n) is 3.74. The van der Waals surface area contributed by atoms with Gasteiger partial charge in [-0.3, -0.25) is 4.90 Å². The molecule has 2 saturated heterocycles. The number of aromatic nitrogens is 4. The molecule has 0 spiro atoms. The average Bonchev–Trinajstić information content (AvgIpc) is 3.20. The lowest BCUT2D eigenvalue weighted by molar-refractivity contribution is -0.148. The summed E-state index contributed by atoms with van der Waals surface area (Å²) < 4.78 is 44.9. The highest BCUT2D eigenvalue weighted by Crippen LogP contribution is 2.31. The van der Waals surface area contributed by atoms with Crippen LogP contribution in [0.5, 0.6) is 0 Å². The van der Waals surface area contributed by atoms with Gasteiger partial charge in [-0.2, -0.15) is 28.2 Å². The van der Waals surface area contributed by atoms with Gasteiger partial charge in [0, 0.05) is 26.2 Å². The fraction of sp³-hybridized carbons (Fsp3) is 0.737. The maximum absolute atomic E-state index is 12.6. The maximum atomic E-state index is 12.6. The van der Waals surface area contributed by atoms with Crippen LogP contribution in [-0.2, 0) is 4.74 Å². The molecule has 4 heterocycles. The van der Waals surface area contributed by atoms with Crippen molar-refractivity contribution >= 4 is 28.5 Å². The van der Waals surface area contributed by atoms with Crippen molar-refractivity contribution in [2.45, 2.75) is 38.9 Å². The van der Waals surface area contributed by atoms with Gasteiger partial charge in [0.2, 0.25) is 5.28 Å². The summed E-state index contributed by atoms with van der Waals surface area (Å²) in [6, 6.07) is -0.00418. The summed E-state index contributed by atoms with van der Waals surface area (Å²) in [4.78, 5) is 12.3. The molecule has 2 fully saturated rings. The van der Waals surface area contributed by atoms with E-state index in [0.29, 0.717) is 57.9 Å². The zero-order valence-electron chi connectivity index (χ0n) is 18.2. The van der Waals surface area contributed by atoms with Crippen LogP contribution in [0.15, 0.2) is 6.20 Å². The predicted octanol–water partition coefficient (Wildman–Crippen LogP) is 3.12. The lowest BCUT2D eigenvalue weighted by Crippen LogP contribution is -2.40. The molecule has 0 atom stereocenters. The van der Waals surface area contributed by atoms with Crippen LogP contribution in [0.2, 0.25) is 5.28 Å². The summed E-state index contributed by atoms with van der Waals surface area (Å²) in [5, 5.41) is 5.42. The van der Waals surface area contributed by atoms with Gasteiger partial charge in [-0.15, -0.1) is 0 Å². The molecular formula is C19H31ClF3N7O. The van der Waals surface area contributed by atoms with E-state index < -0.39 is 12.7 Å². The third-order valence-electron chi connectivity index (χ3n) is 5.02. The monoisotopic (exact) mass is 465 g/mol. The number of nitrogens with zero attached hydrogens (tertiary/aromatic N) is 6. The highest BCUT2D eigenvalue weighted by molar-refractivity contribution is 6.28. The van der Waals surface area contributed by atoms with Crippen molar-refractivity contribution in [2.24, 2.45) is 5.73 Å². The molecule has 2 aliphatic heterocycles. The summed E-state index contributed by atoms with van der Waals surface area (Å²) in [6.45, 7) is 6.55. The van der Waals surface area contributed by atoms with Crippen molar-refractivity contribution in [3.05, 3.63) is 11.5 Å². The Morgan fingerprint density at radius 1 is 1.10 bits per heavy atom. The van der Waals surface area contributed by atoms with E-state index in [4.69, 9.17) is 16.3 Å². The molecule has 176 valence electrons. The molecule has 0 bridgehead atoms. The summed E-state index contributed by atoms with van der Waals surface area (Å²) in [5.41, 5.74) is 5.13. The smallest absolute Gasteiger partial charge is 0.378 e. The van der Waals surface area contributed by atoms with Crippen molar-refractivity contribution < 1.29 is 17.9 Å². The first-order chi connectivity index (χ1) is 14.9. The molecule has 0 amide bonds. The molecule has 4 rings (SSSR count). The Hall–Kier alpha value is -1.69. The number of fused-ring (bicyclic) bond motifs is 1. The largest absolute Gasteiger partial charge is 0.401 e. The third-order valence-corrected chi connectivity index (χ3v) is 5.19. The topological polar surface area (TPSA) is 85.3 Å². The lowest BCUT2D eigenvalue weighted by Gasteiger charge is -2.32. The second-order valence-electron chi connectivity index (χ2n) is 6.86. The van der Waals surface area contributed by atoms with Crippen LogP contribution < -0.4 is 10.6 Å². The van der Waals surface area contributed by atoms with Crippen LogP contribution in [-0.4, -0.2) is 83.8 Å². The van der Waals surface area contributed by atoms with E-state index >= 15 is 0 Å². The van der Waals surface area contributed by atoms with Crippen LogP contribution in [0.25, 0.3) is 11.0 Å². The van der Waals surface area contributed by atoms with Gasteiger partial charge in [-0.1, -0.05) is 13.8 Å². The molecule has 8 nitrogen and oxygen atoms in total. The van der Waals surface area contributed by atoms with Gasteiger partial charge in [-0.05, 0) is 31.5 Å². The normalized spacial score (nSPS) is 18.3. The van der Waals surface area contributed by atoms with E-state index in [9.17, 15) is 13.2 Å². The number of nitrogens with two attached hydrogens (primary N) is 1. The molecule has 2 aromatic rings. The standard InChI is InChI=1S/C16H20ClF3N6O.C2H6.CH5N/c17-15-22-13(25-5-7-27-8-6-25)12-9-21-26(14(12)23-15)11-1-3-24(4-2-11)10-16(18,19)20;2*1-2/h9,11H,1-8,10H2;1-2H3;2H2,1H3. The molecule has 0 saturated carbocycles. The van der Waals surface area contributed by atoms with E-state index in [-0.39, 0.29) is 11.3 Å². The number of anilines is 1. The number of rotatable bonds is 3. The summed E-state index contributed by atoms with van der Waals surface area (Å²) in [6.07, 6.45) is -1.28. The Labute approximate surface area is 185 Å². The molecule has 2 aromatic heterocycles. The van der Waals surface area contributed by atoms with Gasteiger partial charge in [0.05, 0.1) is 37.4 Å². The summed E-state index contributed by atoms with van der Waals surface area (Å²) >= 11 is 6.15. The van der Waals surface area contributed by atoms with E-state index in [1.54, 1.807) is 10.9 Å². The Morgan fingerprint density at radius 2 is 1.71 bits per heavy atom. The second-order valence-corrected chi connectivity index (χ2v) is 7.20. The quantitative estimate of drug-likeness (QED) is 0.697. The number of alkyl halides is 3. The lowest BCUT2D eigenvalue weighted by atomic mass is 10.1. The van der Waals surface area contributed by atoms with E-state index in [2.05, 4.69) is 25.7 Å². The molecule has 2 N–H and O–H groups in total. The predicted molar refractivity (Wildman–Crippen MR) is 116 cm³/mol. The molecule has 31 heavy (non-hydrogen) atoms. The van der Waals surface area contributed by atoms with Gasteiger partial charge in [-0.25, -0.2) is 4.68 Å². The van der Waals surface area contributed by atoms with E-state index in [1.807, 2.05) is 13.8 Å². The maximum Gasteiger partial charge on any atom is 0.401 e. The highest BCUT2D eigenvalue weighted by Gasteiger charge is 2.33. The molecule has 0 radical (unpaired) electrons. The van der Waals surface area contributed by atoms with E-state index in [1.165, 1.54) is 11.9 Å². The number of hydrogen-bond acceptors (Lipinski definition) is 7. The van der Waals surface area contributed by atoms with Crippen molar-refractivity contribution in [2.75, 3.05) is 57.9 Å². The van der Waals surface area contributed by atoms with Gasteiger partial charge in [0.25, 0.3) is 0 Å². The minimum Gasteiger partial charge on any atom is -0.378 e. The van der Waals surface area contributed by atoms with Gasteiger partial charge in [0.1, 0.15) is 5.82 Å². The van der Waals surface area contributed by atoms with Crippen molar-refractivity contribution in [3.63, 3.8) is 0 Å². The number of hydrogen-bond donors (Lipinski definition) is 1. The summed E-state index contributed by atoms with van der Waals surface area (Å²) in [7, 11) is 1.50. The fourth-order valence-corrected chi connectivity index (χ4v) is 3.90. The zero-order valence-corrected chi connectivity index (χ0v) is 19.0. The second kappa shape index (κ2) is 11.8. The SMILES string of the molecule is CC.CN.FC(F)(F)CN1CCC(n2ncc3c(N4CCOCC4)nc(Cl)nc32)CC1. The molecule has 0 aliphatic carbocycles. The Kier molecular flexibility index (Phi) is 9.73. The Bertz CT molecular complexity index is 804. The molecule has 0 aromatic carbocycles. The van der Waals surface area contributed by atoms with Crippen molar-refractivity contribution in [1.29, 1.82) is 0 Å². The average molecular weight is 466 g/mol. The zero-order chi connectivity index (χ0) is 23.0. The molecule has 12 heteroatoms. The van der Waals surface area contributed by atoms with E-state index in [0.717, 1.165) is 11.2 Å². The van der Waals surface area contributed by atoms with Gasteiger partial charge < -0.3 is 15.4 Å². The molecular weight excluding hydrogens is 435 g/mol. The van der Waals surface area contributed by atoms with Crippen LogP contribution in [0.4, 0.5) is 19.0 Å². The van der Waals surface area contributed by atoms with Crippen molar-refractivity contribution in [1.82, 2.24) is 24.6 Å². The minimum atomic E-state index is -4.17. The number of ether oxygens (including phenoxy) is 1. The van der Waals surface area contributed by atoms with Crippen molar-refractivity contribution in [3.8, 4) is 0 Å². The summed E-state index contributed by atoms with van der Waals surface area (Å²) in [5.74, 6) is 0.731. The highest BCUT2D eigenvalue weighted by atomic mass is 35.5. The number of likely N-dealkylation sites (tertiary alicyclic amines) is 1. The van der Waals surface area contributed by atoms with Crippen LogP contribution in [0, 0.1) is 0 Å². The van der Waals surface area contributed by atoms with Gasteiger partial charge in [0.15, 0.2) is 5.65 Å².